The Morgan fingerprint density at radius 1 is 1.42 bits per heavy atom. The third kappa shape index (κ3) is 30.8. The molecule has 0 unspecified atom stereocenters. The van der Waals surface area contributed by atoms with E-state index in [0.717, 1.165) is 0 Å². The molecule has 0 aliphatic carbocycles. The predicted molar refractivity (Wildman–Crippen MR) is 46.5 cm³/mol. The molecule has 0 spiro atoms. The molecular formula is C4H14NNaO5S. The van der Waals surface area contributed by atoms with E-state index in [4.69, 9.17) is 14.8 Å². The van der Waals surface area contributed by atoms with Crippen LogP contribution in [0.4, 0.5) is 0 Å². The van der Waals surface area contributed by atoms with E-state index in [1.807, 2.05) is 0 Å². The molecule has 0 atom stereocenters. The fraction of sp³-hybridized carbons (Fsp3) is 1.00. The first-order valence-corrected chi connectivity index (χ1v) is 4.45. The van der Waals surface area contributed by atoms with Gasteiger partial charge in [0, 0.05) is 6.54 Å². The monoisotopic (exact) mass is 211 g/mol. The molecule has 72 valence electrons. The summed E-state index contributed by atoms with van der Waals surface area (Å²) in [5.74, 6) is -0.201. The number of rotatable bonds is 2. The van der Waals surface area contributed by atoms with E-state index in [2.05, 4.69) is 5.73 Å². The second-order valence-electron chi connectivity index (χ2n) is 1.59. The molecular weight excluding hydrogens is 197 g/mol. The van der Waals surface area contributed by atoms with Gasteiger partial charge in [0.1, 0.15) is 0 Å². The van der Waals surface area contributed by atoms with Crippen LogP contribution in [0.3, 0.4) is 0 Å². The SMILES string of the molecule is CCS(=O)(=O)O.NCC(O)O.[NaH]. The summed E-state index contributed by atoms with van der Waals surface area (Å²) < 4.78 is 26.9. The van der Waals surface area contributed by atoms with Crippen molar-refractivity contribution in [2.75, 3.05) is 12.3 Å². The van der Waals surface area contributed by atoms with Crippen molar-refractivity contribution in [3.8, 4) is 0 Å². The van der Waals surface area contributed by atoms with E-state index in [0.29, 0.717) is 0 Å². The Bertz CT molecular complexity index is 168. The summed E-state index contributed by atoms with van der Waals surface area (Å²) >= 11 is 0. The first-order chi connectivity index (χ1) is 4.83. The summed E-state index contributed by atoms with van der Waals surface area (Å²) in [7, 11) is -3.66. The first-order valence-electron chi connectivity index (χ1n) is 2.84. The van der Waals surface area contributed by atoms with Crippen LogP contribution in [-0.2, 0) is 10.1 Å². The average Bonchev–Trinajstić information content (AvgIpc) is 1.88. The molecule has 12 heavy (non-hydrogen) atoms. The van der Waals surface area contributed by atoms with Crippen LogP contribution >= 0.6 is 0 Å². The van der Waals surface area contributed by atoms with Crippen molar-refractivity contribution in [2.45, 2.75) is 13.2 Å². The standard InChI is InChI=1S/C2H7NO2.C2H6O3S.Na.H/c3-1-2(4)5;1-2-6(3,4)5;;/h2,4-5H,1,3H2;2H2,1H3,(H,3,4,5);;. The summed E-state index contributed by atoms with van der Waals surface area (Å²) in [4.78, 5) is 0. The summed E-state index contributed by atoms with van der Waals surface area (Å²) in [6.07, 6.45) is -1.34. The first kappa shape index (κ1) is 18.5. The van der Waals surface area contributed by atoms with Crippen molar-refractivity contribution in [1.82, 2.24) is 0 Å². The van der Waals surface area contributed by atoms with Crippen molar-refractivity contribution in [1.29, 1.82) is 0 Å². The second kappa shape index (κ2) is 9.87. The molecule has 0 aromatic carbocycles. The Labute approximate surface area is 93.8 Å². The van der Waals surface area contributed by atoms with Gasteiger partial charge in [-0.25, -0.2) is 0 Å². The minimum absolute atomic E-state index is 0. The summed E-state index contributed by atoms with van der Waals surface area (Å²) in [6.45, 7) is 1.29. The number of aliphatic hydroxyl groups is 2. The maximum atomic E-state index is 9.56. The molecule has 0 heterocycles. The Balaban J connectivity index is -0.000000126. The topological polar surface area (TPSA) is 121 Å². The molecule has 5 N–H and O–H groups in total. The van der Waals surface area contributed by atoms with Crippen LogP contribution in [-0.4, -0.2) is 71.3 Å². The van der Waals surface area contributed by atoms with Gasteiger partial charge in [-0.1, -0.05) is 0 Å². The van der Waals surface area contributed by atoms with Gasteiger partial charge in [0.15, 0.2) is 6.29 Å². The summed E-state index contributed by atoms with van der Waals surface area (Å²) in [6, 6.07) is 0. The zero-order valence-corrected chi connectivity index (χ0v) is 6.95. The molecule has 0 rings (SSSR count). The zero-order valence-electron chi connectivity index (χ0n) is 6.14. The third-order valence-electron chi connectivity index (χ3n) is 0.576. The number of nitrogens with two attached hydrogens (primary N) is 1. The molecule has 0 amide bonds. The van der Waals surface area contributed by atoms with Gasteiger partial charge in [-0.2, -0.15) is 8.42 Å². The summed E-state index contributed by atoms with van der Waals surface area (Å²) in [5, 5.41) is 15.6. The van der Waals surface area contributed by atoms with Crippen molar-refractivity contribution in [3.05, 3.63) is 0 Å². The van der Waals surface area contributed by atoms with Gasteiger partial charge in [-0.3, -0.25) is 4.55 Å². The molecule has 0 saturated carbocycles. The Kier molecular flexibility index (Phi) is 15.3. The minimum atomic E-state index is -3.66. The second-order valence-corrected chi connectivity index (χ2v) is 3.33. The average molecular weight is 211 g/mol. The quantitative estimate of drug-likeness (QED) is 0.228. The predicted octanol–water partition coefficient (Wildman–Crippen LogP) is -2.50. The van der Waals surface area contributed by atoms with Crippen LogP contribution in [0.1, 0.15) is 6.92 Å². The van der Waals surface area contributed by atoms with Gasteiger partial charge in [0.05, 0.1) is 5.75 Å². The molecule has 0 bridgehead atoms. The van der Waals surface area contributed by atoms with Gasteiger partial charge in [0.2, 0.25) is 0 Å². The van der Waals surface area contributed by atoms with Gasteiger partial charge >= 0.3 is 29.6 Å². The molecule has 0 saturated heterocycles. The Hall–Kier alpha value is 0.790. The van der Waals surface area contributed by atoms with E-state index >= 15 is 0 Å². The van der Waals surface area contributed by atoms with Crippen molar-refractivity contribution in [2.24, 2.45) is 5.73 Å². The Morgan fingerprint density at radius 2 is 1.58 bits per heavy atom. The third-order valence-corrected chi connectivity index (χ3v) is 1.31. The molecule has 8 heteroatoms. The van der Waals surface area contributed by atoms with E-state index in [9.17, 15) is 8.42 Å². The maximum absolute atomic E-state index is 9.56. The van der Waals surface area contributed by atoms with E-state index in [-0.39, 0.29) is 41.9 Å². The normalized spacial score (nSPS) is 9.83. The van der Waals surface area contributed by atoms with Crippen LogP contribution in [0.5, 0.6) is 0 Å². The van der Waals surface area contributed by atoms with E-state index in [1.165, 1.54) is 6.92 Å². The van der Waals surface area contributed by atoms with E-state index in [1.54, 1.807) is 0 Å². The van der Waals surface area contributed by atoms with Crippen LogP contribution in [0, 0.1) is 0 Å². The molecule has 0 radical (unpaired) electrons. The van der Waals surface area contributed by atoms with Crippen molar-refractivity contribution >= 4 is 39.7 Å². The van der Waals surface area contributed by atoms with Crippen LogP contribution in [0.15, 0.2) is 0 Å². The number of hydrogen-bond donors (Lipinski definition) is 4. The van der Waals surface area contributed by atoms with Crippen LogP contribution in [0.2, 0.25) is 0 Å². The molecule has 0 aliphatic rings. The summed E-state index contributed by atoms with van der Waals surface area (Å²) in [5.41, 5.74) is 4.67. The van der Waals surface area contributed by atoms with Gasteiger partial charge in [-0.15, -0.1) is 0 Å². The fourth-order valence-corrected chi connectivity index (χ4v) is 0. The van der Waals surface area contributed by atoms with Gasteiger partial charge < -0.3 is 15.9 Å². The number of aliphatic hydroxyl groups excluding tert-OH is 1. The Morgan fingerprint density at radius 3 is 1.58 bits per heavy atom. The molecule has 0 aromatic rings. The number of hydrogen-bond acceptors (Lipinski definition) is 5. The van der Waals surface area contributed by atoms with Crippen LogP contribution < -0.4 is 5.73 Å². The molecule has 0 fully saturated rings. The molecule has 6 nitrogen and oxygen atoms in total. The van der Waals surface area contributed by atoms with Gasteiger partial charge in [-0.05, 0) is 6.92 Å². The van der Waals surface area contributed by atoms with Crippen LogP contribution in [0.25, 0.3) is 0 Å². The fourth-order valence-electron chi connectivity index (χ4n) is 0. The van der Waals surface area contributed by atoms with E-state index < -0.39 is 16.4 Å². The van der Waals surface area contributed by atoms with Gasteiger partial charge in [0.25, 0.3) is 10.1 Å². The zero-order chi connectivity index (χ0) is 9.49. The van der Waals surface area contributed by atoms with Crippen molar-refractivity contribution < 1.29 is 23.2 Å². The van der Waals surface area contributed by atoms with Crippen molar-refractivity contribution in [3.63, 3.8) is 0 Å². The molecule has 0 aliphatic heterocycles. The molecule has 0 aromatic heterocycles.